The van der Waals surface area contributed by atoms with Crippen molar-refractivity contribution in [1.82, 2.24) is 5.32 Å². The Hall–Kier alpha value is -1.64. The van der Waals surface area contributed by atoms with Crippen LogP contribution < -0.4 is 15.8 Å². The van der Waals surface area contributed by atoms with E-state index in [1.807, 2.05) is 6.26 Å². The van der Waals surface area contributed by atoms with Crippen molar-refractivity contribution in [3.63, 3.8) is 0 Å². The molecule has 1 aromatic carbocycles. The average molecular weight is 385 g/mol. The molecule has 0 fully saturated rings. The lowest BCUT2D eigenvalue weighted by Crippen LogP contribution is -2.41. The van der Waals surface area contributed by atoms with Crippen LogP contribution in [0, 0.1) is 0 Å². The van der Waals surface area contributed by atoms with E-state index in [0.717, 1.165) is 0 Å². The highest BCUT2D eigenvalue weighted by Gasteiger charge is 2.20. The first-order chi connectivity index (χ1) is 12.0. The van der Waals surface area contributed by atoms with Gasteiger partial charge in [0.25, 0.3) is 5.91 Å². The van der Waals surface area contributed by atoms with Crippen LogP contribution in [0.2, 0.25) is 0 Å². The normalized spacial score (nSPS) is 13.4. The fourth-order valence-electron chi connectivity index (χ4n) is 1.90. The molecule has 0 bridgehead atoms. The summed E-state index contributed by atoms with van der Waals surface area (Å²) in [6.07, 6.45) is 5.84. The number of hydrogen-bond donors (Lipinski definition) is 4. The van der Waals surface area contributed by atoms with Gasteiger partial charge in [0.1, 0.15) is 18.4 Å². The van der Waals surface area contributed by atoms with Gasteiger partial charge >= 0.3 is 5.97 Å². The maximum absolute atomic E-state index is 12.3. The number of carboxylic acids is 1. The van der Waals surface area contributed by atoms with Crippen LogP contribution in [0.15, 0.2) is 36.4 Å². The summed E-state index contributed by atoms with van der Waals surface area (Å²) < 4.78 is 5.54. The summed E-state index contributed by atoms with van der Waals surface area (Å²) in [4.78, 5) is 23.5. The maximum atomic E-state index is 12.3. The van der Waals surface area contributed by atoms with E-state index in [2.05, 4.69) is 17.9 Å². The molecule has 4 N–H and O–H groups in total. The number of rotatable bonds is 11. The molecule has 1 rings (SSSR count). The van der Waals surface area contributed by atoms with E-state index < -0.39 is 17.9 Å². The summed E-state index contributed by atoms with van der Waals surface area (Å²) >= 11 is 5.61. The zero-order valence-corrected chi connectivity index (χ0v) is 15.8. The van der Waals surface area contributed by atoms with Gasteiger partial charge in [-0.05, 0) is 42.7 Å². The second kappa shape index (κ2) is 11.8. The number of nitrogens with one attached hydrogen (secondary N) is 1. The van der Waals surface area contributed by atoms with Gasteiger partial charge in [-0.3, -0.25) is 4.79 Å². The summed E-state index contributed by atoms with van der Waals surface area (Å²) in [7, 11) is 0. The Bertz CT molecular complexity index is 596. The molecule has 0 aliphatic heterocycles. The van der Waals surface area contributed by atoms with Gasteiger partial charge in [0.15, 0.2) is 0 Å². The second-order valence-electron chi connectivity index (χ2n) is 5.26. The molecule has 0 aromatic heterocycles. The third-order valence-corrected chi connectivity index (χ3v) is 4.32. The molecule has 0 saturated carbocycles. The molecular weight excluding hydrogens is 360 g/mol. The van der Waals surface area contributed by atoms with Crippen LogP contribution in [0.4, 0.5) is 0 Å². The molecule has 1 amide bonds. The van der Waals surface area contributed by atoms with Gasteiger partial charge in [-0.2, -0.15) is 24.4 Å². The Labute approximate surface area is 157 Å². The van der Waals surface area contributed by atoms with E-state index >= 15 is 0 Å². The SMILES string of the molecule is CSCCC(NC(=O)c1cccc(OC/C=C/C(N)CS)c1)C(=O)O. The van der Waals surface area contributed by atoms with E-state index in [9.17, 15) is 14.7 Å². The van der Waals surface area contributed by atoms with E-state index in [1.165, 1.54) is 11.8 Å². The highest BCUT2D eigenvalue weighted by atomic mass is 32.2. The van der Waals surface area contributed by atoms with Crippen molar-refractivity contribution in [1.29, 1.82) is 0 Å². The number of carbonyl (C=O) groups is 2. The standard InChI is InChI=1S/C17H24N2O4S2/c1-25-9-7-15(17(21)22)19-16(20)12-4-2-6-14(10-12)23-8-3-5-13(18)11-24/h2-6,10,13,15,24H,7-9,11,18H2,1H3,(H,19,20)(H,21,22)/b5-3+. The molecule has 0 saturated heterocycles. The number of carbonyl (C=O) groups excluding carboxylic acids is 1. The topological polar surface area (TPSA) is 102 Å². The number of benzene rings is 1. The van der Waals surface area contributed by atoms with Crippen LogP contribution >= 0.6 is 24.4 Å². The smallest absolute Gasteiger partial charge is 0.326 e. The largest absolute Gasteiger partial charge is 0.490 e. The van der Waals surface area contributed by atoms with Crippen molar-refractivity contribution in [2.75, 3.05) is 24.4 Å². The number of thiol groups is 1. The second-order valence-corrected chi connectivity index (χ2v) is 6.61. The number of hydrogen-bond acceptors (Lipinski definition) is 6. The zero-order chi connectivity index (χ0) is 18.7. The van der Waals surface area contributed by atoms with Crippen molar-refractivity contribution in [3.8, 4) is 5.75 Å². The molecule has 0 spiro atoms. The van der Waals surface area contributed by atoms with Crippen molar-refractivity contribution < 1.29 is 19.4 Å². The number of ether oxygens (including phenoxy) is 1. The van der Waals surface area contributed by atoms with E-state index in [0.29, 0.717) is 35.8 Å². The fourth-order valence-corrected chi connectivity index (χ4v) is 2.49. The van der Waals surface area contributed by atoms with E-state index in [4.69, 9.17) is 10.5 Å². The minimum Gasteiger partial charge on any atom is -0.490 e. The first-order valence-corrected chi connectivity index (χ1v) is 9.79. The van der Waals surface area contributed by atoms with Gasteiger partial charge in [0.2, 0.25) is 0 Å². The molecule has 6 nitrogen and oxygen atoms in total. The quantitative estimate of drug-likeness (QED) is 0.343. The molecule has 138 valence electrons. The molecule has 25 heavy (non-hydrogen) atoms. The van der Waals surface area contributed by atoms with Gasteiger partial charge in [0.05, 0.1) is 0 Å². The zero-order valence-electron chi connectivity index (χ0n) is 14.1. The highest BCUT2D eigenvalue weighted by Crippen LogP contribution is 2.14. The number of nitrogens with two attached hydrogens (primary N) is 1. The molecule has 8 heteroatoms. The molecule has 1 aromatic rings. The molecule has 2 unspecified atom stereocenters. The molecule has 0 aliphatic rings. The average Bonchev–Trinajstić information content (AvgIpc) is 2.61. The third kappa shape index (κ3) is 8.33. The minimum atomic E-state index is -1.04. The number of thioether (sulfide) groups is 1. The first-order valence-electron chi connectivity index (χ1n) is 7.76. The lowest BCUT2D eigenvalue weighted by atomic mass is 10.1. The summed E-state index contributed by atoms with van der Waals surface area (Å²) in [6, 6.07) is 5.57. The molecule has 0 heterocycles. The minimum absolute atomic E-state index is 0.127. The van der Waals surface area contributed by atoms with Gasteiger partial charge in [0, 0.05) is 17.4 Å². The van der Waals surface area contributed by atoms with Crippen molar-refractivity contribution in [2.24, 2.45) is 5.73 Å². The van der Waals surface area contributed by atoms with Crippen LogP contribution in [0.1, 0.15) is 16.8 Å². The van der Waals surface area contributed by atoms with E-state index in [-0.39, 0.29) is 6.04 Å². The molecular formula is C17H24N2O4S2. The van der Waals surface area contributed by atoms with Crippen molar-refractivity contribution in [2.45, 2.75) is 18.5 Å². The number of carboxylic acid groups (broad SMARTS) is 1. The maximum Gasteiger partial charge on any atom is 0.326 e. The van der Waals surface area contributed by atoms with Crippen LogP contribution in [0.3, 0.4) is 0 Å². The third-order valence-electron chi connectivity index (χ3n) is 3.25. The summed E-state index contributed by atoms with van der Waals surface area (Å²) in [5, 5.41) is 11.7. The predicted octanol–water partition coefficient (Wildman–Crippen LogP) is 1.81. The molecule has 2 atom stereocenters. The first kappa shape index (κ1) is 21.4. The Morgan fingerprint density at radius 1 is 1.48 bits per heavy atom. The van der Waals surface area contributed by atoms with E-state index in [1.54, 1.807) is 36.4 Å². The summed E-state index contributed by atoms with van der Waals surface area (Å²) in [5.41, 5.74) is 6.05. The van der Waals surface area contributed by atoms with Gasteiger partial charge < -0.3 is 20.9 Å². The Morgan fingerprint density at radius 2 is 2.24 bits per heavy atom. The van der Waals surface area contributed by atoms with Gasteiger partial charge in [-0.25, -0.2) is 4.79 Å². The number of amides is 1. The fraction of sp³-hybridized carbons (Fsp3) is 0.412. The summed E-state index contributed by atoms with van der Waals surface area (Å²) in [6.45, 7) is 0.317. The van der Waals surface area contributed by atoms with Crippen molar-refractivity contribution >= 4 is 36.3 Å². The van der Waals surface area contributed by atoms with Crippen LogP contribution in [0.5, 0.6) is 5.75 Å². The Balaban J connectivity index is 2.64. The lowest BCUT2D eigenvalue weighted by Gasteiger charge is -2.14. The predicted molar refractivity (Wildman–Crippen MR) is 105 cm³/mol. The van der Waals surface area contributed by atoms with Gasteiger partial charge in [-0.15, -0.1) is 0 Å². The van der Waals surface area contributed by atoms with Crippen LogP contribution in [-0.2, 0) is 4.79 Å². The molecule has 0 radical (unpaired) electrons. The highest BCUT2D eigenvalue weighted by molar-refractivity contribution is 7.98. The Kier molecular flexibility index (Phi) is 10.1. The van der Waals surface area contributed by atoms with Crippen molar-refractivity contribution in [3.05, 3.63) is 42.0 Å². The van der Waals surface area contributed by atoms with Crippen LogP contribution in [0.25, 0.3) is 0 Å². The summed E-state index contributed by atoms with van der Waals surface area (Å²) in [5.74, 6) is 0.244. The van der Waals surface area contributed by atoms with Gasteiger partial charge in [-0.1, -0.05) is 12.1 Å². The molecule has 0 aliphatic carbocycles. The number of aliphatic carboxylic acids is 1. The monoisotopic (exact) mass is 384 g/mol. The van der Waals surface area contributed by atoms with Crippen LogP contribution in [-0.4, -0.2) is 53.4 Å². The lowest BCUT2D eigenvalue weighted by molar-refractivity contribution is -0.139. The Morgan fingerprint density at radius 3 is 2.88 bits per heavy atom.